The van der Waals surface area contributed by atoms with E-state index in [9.17, 15) is 14.0 Å². The molecule has 1 unspecified atom stereocenters. The molecule has 1 aliphatic heterocycles. The maximum absolute atomic E-state index is 13.5. The third-order valence-electron chi connectivity index (χ3n) is 3.60. The number of halogens is 2. The summed E-state index contributed by atoms with van der Waals surface area (Å²) in [5.74, 6) is -0.700. The molecule has 1 saturated heterocycles. The van der Waals surface area contributed by atoms with Gasteiger partial charge >= 0.3 is 6.03 Å². The first kappa shape index (κ1) is 14.0. The molecule has 1 aliphatic rings. The van der Waals surface area contributed by atoms with Crippen molar-refractivity contribution in [3.63, 3.8) is 0 Å². The van der Waals surface area contributed by atoms with Crippen molar-refractivity contribution in [2.75, 3.05) is 0 Å². The lowest BCUT2D eigenvalue weighted by atomic mass is 9.97. The van der Waals surface area contributed by atoms with Crippen LogP contribution in [0.4, 0.5) is 9.18 Å². The van der Waals surface area contributed by atoms with Gasteiger partial charge in [-0.1, -0.05) is 19.1 Å². The minimum atomic E-state index is -0.886. The Morgan fingerprint density at radius 2 is 2.11 bits per heavy atom. The first-order valence-corrected chi connectivity index (χ1v) is 6.75. The van der Waals surface area contributed by atoms with E-state index in [2.05, 4.69) is 21.2 Å². The van der Waals surface area contributed by atoms with Crippen molar-refractivity contribution < 1.29 is 14.0 Å². The van der Waals surface area contributed by atoms with Gasteiger partial charge < -0.3 is 4.90 Å². The van der Waals surface area contributed by atoms with Crippen molar-refractivity contribution in [3.05, 3.63) is 34.1 Å². The first-order valence-electron chi connectivity index (χ1n) is 5.96. The molecule has 1 atom stereocenters. The number of benzene rings is 1. The van der Waals surface area contributed by atoms with E-state index < -0.39 is 11.6 Å². The molecular formula is C13H14BrFN2O2. The van der Waals surface area contributed by atoms with Crippen molar-refractivity contribution in [1.82, 2.24) is 10.2 Å². The van der Waals surface area contributed by atoms with Gasteiger partial charge in [-0.15, -0.1) is 0 Å². The largest absolute Gasteiger partial charge is 0.325 e. The molecule has 6 heteroatoms. The molecule has 0 aliphatic carbocycles. The first-order chi connectivity index (χ1) is 8.90. The third-order valence-corrected chi connectivity index (χ3v) is 4.49. The van der Waals surface area contributed by atoms with Gasteiger partial charge in [0.1, 0.15) is 11.4 Å². The number of carbonyl (C=O) groups is 2. The highest BCUT2D eigenvalue weighted by Gasteiger charge is 2.47. The lowest BCUT2D eigenvalue weighted by Crippen LogP contribution is -2.46. The number of urea groups is 1. The molecule has 19 heavy (non-hydrogen) atoms. The third kappa shape index (κ3) is 2.25. The van der Waals surface area contributed by atoms with Crippen LogP contribution in [0.15, 0.2) is 22.7 Å². The highest BCUT2D eigenvalue weighted by molar-refractivity contribution is 9.10. The number of rotatable bonds is 3. The van der Waals surface area contributed by atoms with E-state index >= 15 is 0 Å². The molecule has 1 heterocycles. The SMILES string of the molecule is CCC1(C)C(=O)NC(=O)N1Cc1cccc(F)c1Br. The molecule has 3 amide bonds. The maximum Gasteiger partial charge on any atom is 0.325 e. The fourth-order valence-electron chi connectivity index (χ4n) is 2.08. The van der Waals surface area contributed by atoms with Crippen LogP contribution in [0.5, 0.6) is 0 Å². The second kappa shape index (κ2) is 4.92. The lowest BCUT2D eigenvalue weighted by molar-refractivity contribution is -0.126. The summed E-state index contributed by atoms with van der Waals surface area (Å²) in [6.07, 6.45) is 0.498. The molecule has 2 rings (SSSR count). The standard InChI is InChI=1S/C13H14BrFN2O2/c1-3-13(2)11(18)16-12(19)17(13)7-8-5-4-6-9(15)10(8)14/h4-6H,3,7H2,1-2H3,(H,16,18,19). The van der Waals surface area contributed by atoms with Crippen LogP contribution in [0.2, 0.25) is 0 Å². The molecule has 0 radical (unpaired) electrons. The summed E-state index contributed by atoms with van der Waals surface area (Å²) >= 11 is 3.16. The summed E-state index contributed by atoms with van der Waals surface area (Å²) in [7, 11) is 0. The van der Waals surface area contributed by atoms with Crippen molar-refractivity contribution >= 4 is 27.9 Å². The zero-order chi connectivity index (χ0) is 14.2. The van der Waals surface area contributed by atoms with Crippen molar-refractivity contribution in [2.24, 2.45) is 0 Å². The fourth-order valence-corrected chi connectivity index (χ4v) is 2.47. The van der Waals surface area contributed by atoms with Crippen LogP contribution in [-0.2, 0) is 11.3 Å². The van der Waals surface area contributed by atoms with Crippen LogP contribution in [0.3, 0.4) is 0 Å². The van der Waals surface area contributed by atoms with Crippen LogP contribution < -0.4 is 5.32 Å². The predicted molar refractivity (Wildman–Crippen MR) is 71.9 cm³/mol. The average Bonchev–Trinajstić information content (AvgIpc) is 2.59. The van der Waals surface area contributed by atoms with Gasteiger partial charge in [0.2, 0.25) is 0 Å². The van der Waals surface area contributed by atoms with Crippen molar-refractivity contribution in [3.8, 4) is 0 Å². The van der Waals surface area contributed by atoms with E-state index in [0.717, 1.165) is 0 Å². The van der Waals surface area contributed by atoms with Gasteiger partial charge in [0.15, 0.2) is 0 Å². The van der Waals surface area contributed by atoms with Crippen LogP contribution in [0.25, 0.3) is 0 Å². The van der Waals surface area contributed by atoms with Crippen LogP contribution in [0, 0.1) is 5.82 Å². The molecule has 0 bridgehead atoms. The number of nitrogens with zero attached hydrogens (tertiary/aromatic N) is 1. The number of imide groups is 1. The quantitative estimate of drug-likeness (QED) is 0.867. The van der Waals surface area contributed by atoms with Crippen molar-refractivity contribution in [1.29, 1.82) is 0 Å². The Hall–Kier alpha value is -1.43. The topological polar surface area (TPSA) is 49.4 Å². The van der Waals surface area contributed by atoms with Gasteiger partial charge in [-0.05, 0) is 40.9 Å². The summed E-state index contributed by atoms with van der Waals surface area (Å²) in [6.45, 7) is 3.73. The minimum absolute atomic E-state index is 0.181. The molecule has 4 nitrogen and oxygen atoms in total. The van der Waals surface area contributed by atoms with Gasteiger partial charge in [-0.25, -0.2) is 9.18 Å². The Bertz CT molecular complexity index is 549. The summed E-state index contributed by atoms with van der Waals surface area (Å²) in [5, 5.41) is 2.30. The molecule has 102 valence electrons. The van der Waals surface area contributed by atoms with Crippen LogP contribution in [0.1, 0.15) is 25.8 Å². The van der Waals surface area contributed by atoms with E-state index in [1.54, 1.807) is 19.1 Å². The van der Waals surface area contributed by atoms with E-state index in [1.807, 2.05) is 6.92 Å². The molecule has 1 fully saturated rings. The Kier molecular flexibility index (Phi) is 3.62. The number of nitrogens with one attached hydrogen (secondary N) is 1. The van der Waals surface area contributed by atoms with E-state index in [1.165, 1.54) is 11.0 Å². The molecule has 0 spiro atoms. The molecule has 1 aromatic rings. The van der Waals surface area contributed by atoms with Gasteiger partial charge in [-0.3, -0.25) is 10.1 Å². The fraction of sp³-hybridized carbons (Fsp3) is 0.385. The smallest absolute Gasteiger partial charge is 0.306 e. The van der Waals surface area contributed by atoms with Gasteiger partial charge in [0, 0.05) is 6.54 Å². The summed E-state index contributed by atoms with van der Waals surface area (Å²) in [4.78, 5) is 25.1. The summed E-state index contributed by atoms with van der Waals surface area (Å²) < 4.78 is 13.8. The summed E-state index contributed by atoms with van der Waals surface area (Å²) in [5.41, 5.74) is -0.257. The molecule has 0 saturated carbocycles. The molecule has 1 aromatic carbocycles. The monoisotopic (exact) mass is 328 g/mol. The number of hydrogen-bond acceptors (Lipinski definition) is 2. The van der Waals surface area contributed by atoms with E-state index in [0.29, 0.717) is 16.5 Å². The summed E-state index contributed by atoms with van der Waals surface area (Å²) in [6, 6.07) is 4.20. The Morgan fingerprint density at radius 3 is 2.74 bits per heavy atom. The molecule has 1 N–H and O–H groups in total. The Balaban J connectivity index is 2.34. The second-order valence-corrected chi connectivity index (χ2v) is 5.48. The van der Waals surface area contributed by atoms with Gasteiger partial charge in [-0.2, -0.15) is 0 Å². The highest BCUT2D eigenvalue weighted by Crippen LogP contribution is 2.30. The van der Waals surface area contributed by atoms with E-state index in [4.69, 9.17) is 0 Å². The second-order valence-electron chi connectivity index (χ2n) is 4.69. The van der Waals surface area contributed by atoms with Crippen molar-refractivity contribution in [2.45, 2.75) is 32.4 Å². The van der Waals surface area contributed by atoms with Gasteiger partial charge in [0.05, 0.1) is 4.47 Å². The van der Waals surface area contributed by atoms with Crippen LogP contribution >= 0.6 is 15.9 Å². The van der Waals surface area contributed by atoms with Crippen LogP contribution in [-0.4, -0.2) is 22.4 Å². The predicted octanol–water partition coefficient (Wildman–Crippen LogP) is 2.81. The molecule has 0 aromatic heterocycles. The minimum Gasteiger partial charge on any atom is -0.306 e. The zero-order valence-electron chi connectivity index (χ0n) is 10.7. The Labute approximate surface area is 119 Å². The Morgan fingerprint density at radius 1 is 1.42 bits per heavy atom. The van der Waals surface area contributed by atoms with E-state index in [-0.39, 0.29) is 18.3 Å². The normalized spacial score (nSPS) is 22.8. The lowest BCUT2D eigenvalue weighted by Gasteiger charge is -2.31. The molecular weight excluding hydrogens is 315 g/mol. The highest BCUT2D eigenvalue weighted by atomic mass is 79.9. The maximum atomic E-state index is 13.5. The number of hydrogen-bond donors (Lipinski definition) is 1. The van der Waals surface area contributed by atoms with Gasteiger partial charge in [0.25, 0.3) is 5.91 Å². The average molecular weight is 329 g/mol. The number of carbonyl (C=O) groups excluding carboxylic acids is 2. The number of amides is 3. The zero-order valence-corrected chi connectivity index (χ0v) is 12.3.